The average Bonchev–Trinajstić information content (AvgIpc) is 2.61. The second-order valence-electron chi connectivity index (χ2n) is 3.78. The van der Waals surface area contributed by atoms with Gasteiger partial charge in [-0.15, -0.1) is 4.40 Å². The summed E-state index contributed by atoms with van der Waals surface area (Å²) >= 11 is 5.78. The first kappa shape index (κ1) is 11.4. The summed E-state index contributed by atoms with van der Waals surface area (Å²) in [5.41, 5.74) is 1.87. The summed E-state index contributed by atoms with van der Waals surface area (Å²) in [6.07, 6.45) is 1.65. The van der Waals surface area contributed by atoms with Crippen LogP contribution in [0.5, 0.6) is 0 Å². The molecule has 2 aromatic rings. The highest BCUT2D eigenvalue weighted by molar-refractivity contribution is 7.91. The van der Waals surface area contributed by atoms with Crippen molar-refractivity contribution in [1.29, 1.82) is 0 Å². The maximum absolute atomic E-state index is 11.8. The summed E-state index contributed by atoms with van der Waals surface area (Å²) in [7, 11) is -3.66. The molecule has 0 amide bonds. The standard InChI is InChI=1S/C12H7ClN2O2S/c13-12-9-5-4-8(10-3-1-2-6-14-10)7-11(9)18(16,17)15-12/h1-7H. The van der Waals surface area contributed by atoms with Gasteiger partial charge in [-0.05, 0) is 24.3 Å². The van der Waals surface area contributed by atoms with Gasteiger partial charge in [-0.1, -0.05) is 23.7 Å². The van der Waals surface area contributed by atoms with Gasteiger partial charge >= 0.3 is 0 Å². The Morgan fingerprint density at radius 1 is 1.11 bits per heavy atom. The van der Waals surface area contributed by atoms with Crippen molar-refractivity contribution >= 4 is 26.8 Å². The summed E-state index contributed by atoms with van der Waals surface area (Å²) in [6, 6.07) is 10.4. The van der Waals surface area contributed by atoms with Gasteiger partial charge in [0.2, 0.25) is 0 Å². The molecule has 4 nitrogen and oxygen atoms in total. The van der Waals surface area contributed by atoms with Crippen LogP contribution >= 0.6 is 11.6 Å². The third kappa shape index (κ3) is 1.72. The van der Waals surface area contributed by atoms with Crippen molar-refractivity contribution in [3.05, 3.63) is 48.2 Å². The van der Waals surface area contributed by atoms with E-state index < -0.39 is 10.0 Å². The lowest BCUT2D eigenvalue weighted by Gasteiger charge is -2.03. The topological polar surface area (TPSA) is 59.4 Å². The van der Waals surface area contributed by atoms with Crippen LogP contribution in [0.2, 0.25) is 0 Å². The first-order valence-electron chi connectivity index (χ1n) is 5.14. The molecule has 0 N–H and O–H groups in total. The monoisotopic (exact) mass is 278 g/mol. The van der Waals surface area contributed by atoms with E-state index in [0.717, 1.165) is 5.56 Å². The fourth-order valence-corrected chi connectivity index (χ4v) is 3.42. The van der Waals surface area contributed by atoms with Crippen LogP contribution in [0.15, 0.2) is 51.9 Å². The van der Waals surface area contributed by atoms with Crippen LogP contribution in [0.1, 0.15) is 5.56 Å². The molecule has 90 valence electrons. The number of sulfonamides is 1. The van der Waals surface area contributed by atoms with E-state index in [9.17, 15) is 8.42 Å². The van der Waals surface area contributed by atoms with Crippen LogP contribution in [0.3, 0.4) is 0 Å². The third-order valence-corrected chi connectivity index (χ3v) is 4.35. The van der Waals surface area contributed by atoms with Gasteiger partial charge in [0.25, 0.3) is 10.0 Å². The van der Waals surface area contributed by atoms with Gasteiger partial charge in [0.15, 0.2) is 5.17 Å². The highest BCUT2D eigenvalue weighted by Gasteiger charge is 2.28. The molecule has 1 aliphatic rings. The first-order chi connectivity index (χ1) is 8.58. The molecule has 1 aliphatic heterocycles. The van der Waals surface area contributed by atoms with Crippen molar-refractivity contribution in [3.63, 3.8) is 0 Å². The Bertz CT molecular complexity index is 755. The lowest BCUT2D eigenvalue weighted by atomic mass is 10.1. The van der Waals surface area contributed by atoms with E-state index in [0.29, 0.717) is 11.3 Å². The average molecular weight is 279 g/mol. The number of nitrogens with zero attached hydrogens (tertiary/aromatic N) is 2. The Hall–Kier alpha value is -1.72. The second kappa shape index (κ2) is 3.90. The zero-order valence-electron chi connectivity index (χ0n) is 9.04. The van der Waals surface area contributed by atoms with Crippen molar-refractivity contribution < 1.29 is 8.42 Å². The Kier molecular flexibility index (Phi) is 2.46. The summed E-state index contributed by atoms with van der Waals surface area (Å²) in [5.74, 6) is 0. The Morgan fingerprint density at radius 2 is 1.94 bits per heavy atom. The fourth-order valence-electron chi connectivity index (χ4n) is 1.80. The van der Waals surface area contributed by atoms with Crippen LogP contribution in [0.4, 0.5) is 0 Å². The second-order valence-corrected chi connectivity index (χ2v) is 5.71. The van der Waals surface area contributed by atoms with E-state index >= 15 is 0 Å². The van der Waals surface area contributed by atoms with Crippen LogP contribution in [0.25, 0.3) is 11.3 Å². The van der Waals surface area contributed by atoms with Gasteiger partial charge in [-0.3, -0.25) is 4.98 Å². The van der Waals surface area contributed by atoms with E-state index in [4.69, 9.17) is 11.6 Å². The van der Waals surface area contributed by atoms with Crippen LogP contribution in [-0.2, 0) is 10.0 Å². The molecule has 0 saturated carbocycles. The predicted molar refractivity (Wildman–Crippen MR) is 69.2 cm³/mol. The number of benzene rings is 1. The van der Waals surface area contributed by atoms with Crippen molar-refractivity contribution in [2.24, 2.45) is 4.40 Å². The molecule has 3 rings (SSSR count). The van der Waals surface area contributed by atoms with Gasteiger partial charge in [-0.2, -0.15) is 8.42 Å². The van der Waals surface area contributed by atoms with Gasteiger partial charge < -0.3 is 0 Å². The molecule has 18 heavy (non-hydrogen) atoms. The zero-order chi connectivity index (χ0) is 12.8. The highest BCUT2D eigenvalue weighted by Crippen LogP contribution is 2.31. The molecule has 0 aliphatic carbocycles. The summed E-state index contributed by atoms with van der Waals surface area (Å²) in [5, 5.41) is 0.0116. The van der Waals surface area contributed by atoms with Crippen LogP contribution in [-0.4, -0.2) is 18.6 Å². The SMILES string of the molecule is O=S1(=O)N=C(Cl)c2ccc(-c3ccccn3)cc21. The number of halogens is 1. The molecule has 0 saturated heterocycles. The Labute approximate surface area is 109 Å². The molecule has 6 heteroatoms. The quantitative estimate of drug-likeness (QED) is 0.805. The largest absolute Gasteiger partial charge is 0.284 e. The van der Waals surface area contributed by atoms with Crippen molar-refractivity contribution in [1.82, 2.24) is 4.98 Å². The molecule has 0 radical (unpaired) electrons. The number of fused-ring (bicyclic) bond motifs is 1. The summed E-state index contributed by atoms with van der Waals surface area (Å²) in [6.45, 7) is 0. The number of hydrogen-bond donors (Lipinski definition) is 0. The maximum Gasteiger partial charge on any atom is 0.284 e. The van der Waals surface area contributed by atoms with Crippen molar-refractivity contribution in [3.8, 4) is 11.3 Å². The smallest absolute Gasteiger partial charge is 0.256 e. The first-order valence-corrected chi connectivity index (χ1v) is 6.96. The number of hydrogen-bond acceptors (Lipinski definition) is 3. The van der Waals surface area contributed by atoms with Crippen LogP contribution < -0.4 is 0 Å². The molecule has 0 bridgehead atoms. The molecule has 0 unspecified atom stereocenters. The molecule has 0 atom stereocenters. The van der Waals surface area contributed by atoms with E-state index in [1.54, 1.807) is 30.5 Å². The Balaban J connectivity index is 2.21. The maximum atomic E-state index is 11.8. The third-order valence-electron chi connectivity index (χ3n) is 2.64. The van der Waals surface area contributed by atoms with Crippen molar-refractivity contribution in [2.75, 3.05) is 0 Å². The minimum atomic E-state index is -3.66. The molecule has 2 heterocycles. The highest BCUT2D eigenvalue weighted by atomic mass is 35.5. The van der Waals surface area contributed by atoms with E-state index in [1.165, 1.54) is 0 Å². The lowest BCUT2D eigenvalue weighted by Crippen LogP contribution is -1.95. The summed E-state index contributed by atoms with van der Waals surface area (Å²) < 4.78 is 27.0. The van der Waals surface area contributed by atoms with E-state index in [1.807, 2.05) is 12.1 Å². The molecule has 0 fully saturated rings. The van der Waals surface area contributed by atoms with Gasteiger partial charge in [0.05, 0.1) is 5.69 Å². The minimum absolute atomic E-state index is 0.0116. The molecule has 1 aromatic heterocycles. The fraction of sp³-hybridized carbons (Fsp3) is 0. The molecule has 0 spiro atoms. The lowest BCUT2D eigenvalue weighted by molar-refractivity contribution is 0.599. The number of rotatable bonds is 1. The van der Waals surface area contributed by atoms with Gasteiger partial charge in [0, 0.05) is 17.3 Å². The predicted octanol–water partition coefficient (Wildman–Crippen LogP) is 2.44. The minimum Gasteiger partial charge on any atom is -0.256 e. The number of aromatic nitrogens is 1. The van der Waals surface area contributed by atoms with Gasteiger partial charge in [-0.25, -0.2) is 0 Å². The normalized spacial score (nSPS) is 16.2. The van der Waals surface area contributed by atoms with E-state index in [2.05, 4.69) is 9.38 Å². The van der Waals surface area contributed by atoms with E-state index in [-0.39, 0.29) is 10.1 Å². The molecule has 1 aromatic carbocycles. The number of pyridine rings is 1. The Morgan fingerprint density at radius 3 is 2.67 bits per heavy atom. The zero-order valence-corrected chi connectivity index (χ0v) is 10.6. The van der Waals surface area contributed by atoms with Crippen LogP contribution in [0, 0.1) is 0 Å². The van der Waals surface area contributed by atoms with Gasteiger partial charge in [0.1, 0.15) is 4.90 Å². The molecular formula is C12H7ClN2O2S. The summed E-state index contributed by atoms with van der Waals surface area (Å²) in [4.78, 5) is 4.31. The molecular weight excluding hydrogens is 272 g/mol. The van der Waals surface area contributed by atoms with Crippen molar-refractivity contribution in [2.45, 2.75) is 4.90 Å².